The molecule has 1 N–H and O–H groups in total. The second-order valence-electron chi connectivity index (χ2n) is 4.47. The number of hydrogen-bond acceptors (Lipinski definition) is 1. The van der Waals surface area contributed by atoms with Crippen LogP contribution in [0.5, 0.6) is 0 Å². The van der Waals surface area contributed by atoms with E-state index in [9.17, 15) is 9.18 Å². The molecular formula is C12H14FNO. The van der Waals surface area contributed by atoms with Gasteiger partial charge >= 0.3 is 0 Å². The van der Waals surface area contributed by atoms with Gasteiger partial charge in [0.2, 0.25) is 5.91 Å². The minimum atomic E-state index is -0.749. The number of fused-ring (bicyclic) bond motifs is 1. The molecule has 2 rings (SSSR count). The molecule has 0 aromatic heterocycles. The number of nitrogens with one attached hydrogen (secondary N) is 1. The molecular weight excluding hydrogens is 193 g/mol. The predicted octanol–water partition coefficient (Wildman–Crippen LogP) is 2.69. The molecule has 0 bridgehead atoms. The molecule has 1 aliphatic rings. The summed E-state index contributed by atoms with van der Waals surface area (Å²) in [5.74, 6) is -0.352. The number of benzene rings is 1. The Hall–Kier alpha value is -1.38. The Morgan fingerprint density at radius 1 is 1.40 bits per heavy atom. The predicted molar refractivity (Wildman–Crippen MR) is 57.2 cm³/mol. The Kier molecular flexibility index (Phi) is 2.07. The summed E-state index contributed by atoms with van der Waals surface area (Å²) in [6, 6.07) is 4.75. The fraction of sp³-hybridized carbons (Fsp3) is 0.417. The van der Waals surface area contributed by atoms with Crippen molar-refractivity contribution in [3.63, 3.8) is 0 Å². The maximum absolute atomic E-state index is 13.7. The van der Waals surface area contributed by atoms with Crippen LogP contribution in [0.1, 0.15) is 26.3 Å². The van der Waals surface area contributed by atoms with Gasteiger partial charge in [0.25, 0.3) is 0 Å². The third kappa shape index (κ3) is 1.19. The van der Waals surface area contributed by atoms with Crippen LogP contribution < -0.4 is 5.32 Å². The molecule has 0 aliphatic carbocycles. The lowest BCUT2D eigenvalue weighted by molar-refractivity contribution is -0.121. The summed E-state index contributed by atoms with van der Waals surface area (Å²) < 4.78 is 13.7. The van der Waals surface area contributed by atoms with Gasteiger partial charge in [-0.25, -0.2) is 4.39 Å². The maximum atomic E-state index is 13.7. The first-order chi connectivity index (χ1) is 6.98. The SMILES string of the molecule is CC(C)[C@@]1(C)C(=O)Nc2cccc(F)c21. The van der Waals surface area contributed by atoms with Crippen LogP contribution in [0.4, 0.5) is 10.1 Å². The van der Waals surface area contributed by atoms with Crippen molar-refractivity contribution in [1.82, 2.24) is 0 Å². The van der Waals surface area contributed by atoms with E-state index in [0.717, 1.165) is 0 Å². The molecule has 0 saturated heterocycles. The van der Waals surface area contributed by atoms with Crippen LogP contribution in [-0.4, -0.2) is 5.91 Å². The van der Waals surface area contributed by atoms with Crippen molar-refractivity contribution < 1.29 is 9.18 Å². The molecule has 80 valence electrons. The summed E-state index contributed by atoms with van der Waals surface area (Å²) in [6.45, 7) is 5.66. The lowest BCUT2D eigenvalue weighted by Gasteiger charge is -2.26. The molecule has 15 heavy (non-hydrogen) atoms. The van der Waals surface area contributed by atoms with Gasteiger partial charge in [0.05, 0.1) is 5.41 Å². The quantitative estimate of drug-likeness (QED) is 0.753. The van der Waals surface area contributed by atoms with Gasteiger partial charge in [-0.15, -0.1) is 0 Å². The minimum Gasteiger partial charge on any atom is -0.325 e. The smallest absolute Gasteiger partial charge is 0.235 e. The fourth-order valence-electron chi connectivity index (χ4n) is 2.07. The largest absolute Gasteiger partial charge is 0.325 e. The molecule has 1 aromatic carbocycles. The number of hydrogen-bond donors (Lipinski definition) is 1. The van der Waals surface area contributed by atoms with E-state index in [4.69, 9.17) is 0 Å². The molecule has 2 nitrogen and oxygen atoms in total. The van der Waals surface area contributed by atoms with Crippen LogP contribution in [-0.2, 0) is 10.2 Å². The first kappa shape index (κ1) is 10.1. The van der Waals surface area contributed by atoms with Gasteiger partial charge in [-0.2, -0.15) is 0 Å². The zero-order valence-corrected chi connectivity index (χ0v) is 9.10. The molecule has 3 heteroatoms. The lowest BCUT2D eigenvalue weighted by atomic mass is 9.74. The monoisotopic (exact) mass is 207 g/mol. The van der Waals surface area contributed by atoms with E-state index in [-0.39, 0.29) is 17.6 Å². The van der Waals surface area contributed by atoms with E-state index < -0.39 is 5.41 Å². The topological polar surface area (TPSA) is 29.1 Å². The second-order valence-corrected chi connectivity index (χ2v) is 4.47. The molecule has 0 saturated carbocycles. The molecule has 1 aromatic rings. The van der Waals surface area contributed by atoms with Crippen LogP contribution in [0.3, 0.4) is 0 Å². The maximum Gasteiger partial charge on any atom is 0.235 e. The molecule has 1 heterocycles. The third-order valence-electron chi connectivity index (χ3n) is 3.41. The van der Waals surface area contributed by atoms with E-state index >= 15 is 0 Å². The van der Waals surface area contributed by atoms with Crippen molar-refractivity contribution >= 4 is 11.6 Å². The number of carbonyl (C=O) groups excluding carboxylic acids is 1. The fourth-order valence-corrected chi connectivity index (χ4v) is 2.07. The third-order valence-corrected chi connectivity index (χ3v) is 3.41. The minimum absolute atomic E-state index is 0.0654. The number of halogens is 1. The Bertz CT molecular complexity index is 428. The van der Waals surface area contributed by atoms with Crippen LogP contribution >= 0.6 is 0 Å². The van der Waals surface area contributed by atoms with Gasteiger partial charge in [0, 0.05) is 11.3 Å². The highest BCUT2D eigenvalue weighted by molar-refractivity contribution is 6.06. The van der Waals surface area contributed by atoms with Crippen molar-refractivity contribution in [3.8, 4) is 0 Å². The lowest BCUT2D eigenvalue weighted by Crippen LogP contribution is -2.36. The molecule has 0 spiro atoms. The second kappa shape index (κ2) is 3.05. The highest BCUT2D eigenvalue weighted by Gasteiger charge is 2.46. The average Bonchev–Trinajstić information content (AvgIpc) is 2.41. The zero-order chi connectivity index (χ0) is 11.2. The van der Waals surface area contributed by atoms with Crippen LogP contribution in [0.15, 0.2) is 18.2 Å². The van der Waals surface area contributed by atoms with E-state index in [0.29, 0.717) is 11.3 Å². The van der Waals surface area contributed by atoms with Crippen molar-refractivity contribution in [2.75, 3.05) is 5.32 Å². The van der Waals surface area contributed by atoms with Gasteiger partial charge in [-0.05, 0) is 25.0 Å². The Morgan fingerprint density at radius 2 is 2.07 bits per heavy atom. The van der Waals surface area contributed by atoms with Crippen LogP contribution in [0.2, 0.25) is 0 Å². The van der Waals surface area contributed by atoms with Gasteiger partial charge in [0.1, 0.15) is 5.82 Å². The molecule has 1 atom stereocenters. The number of carbonyl (C=O) groups is 1. The summed E-state index contributed by atoms with van der Waals surface area (Å²) in [6.07, 6.45) is 0. The Labute approximate surface area is 88.5 Å². The Balaban J connectivity index is 2.68. The van der Waals surface area contributed by atoms with E-state index in [1.54, 1.807) is 19.1 Å². The van der Waals surface area contributed by atoms with Crippen molar-refractivity contribution in [1.29, 1.82) is 0 Å². The van der Waals surface area contributed by atoms with Crippen molar-refractivity contribution in [2.45, 2.75) is 26.2 Å². The average molecular weight is 207 g/mol. The molecule has 0 radical (unpaired) electrons. The van der Waals surface area contributed by atoms with Crippen molar-refractivity contribution in [3.05, 3.63) is 29.6 Å². The van der Waals surface area contributed by atoms with Gasteiger partial charge in [-0.3, -0.25) is 4.79 Å². The normalized spacial score (nSPS) is 24.2. The summed E-state index contributed by atoms with van der Waals surface area (Å²) in [4.78, 5) is 11.9. The summed E-state index contributed by atoms with van der Waals surface area (Å²) in [7, 11) is 0. The van der Waals surface area contributed by atoms with E-state index in [2.05, 4.69) is 5.32 Å². The van der Waals surface area contributed by atoms with Gasteiger partial charge in [-0.1, -0.05) is 19.9 Å². The summed E-state index contributed by atoms with van der Waals surface area (Å²) in [5.41, 5.74) is 0.363. The summed E-state index contributed by atoms with van der Waals surface area (Å²) >= 11 is 0. The van der Waals surface area contributed by atoms with E-state index in [1.807, 2.05) is 13.8 Å². The molecule has 0 unspecified atom stereocenters. The molecule has 0 fully saturated rings. The van der Waals surface area contributed by atoms with Crippen molar-refractivity contribution in [2.24, 2.45) is 5.92 Å². The zero-order valence-electron chi connectivity index (χ0n) is 9.10. The molecule has 1 aliphatic heterocycles. The highest BCUT2D eigenvalue weighted by atomic mass is 19.1. The van der Waals surface area contributed by atoms with Crippen LogP contribution in [0, 0.1) is 11.7 Å². The number of amides is 1. The first-order valence-electron chi connectivity index (χ1n) is 5.08. The van der Waals surface area contributed by atoms with Crippen LogP contribution in [0.25, 0.3) is 0 Å². The summed E-state index contributed by atoms with van der Waals surface area (Å²) in [5, 5.41) is 2.73. The standard InChI is InChI=1S/C12H14FNO/c1-7(2)12(3)10-8(13)5-4-6-9(10)14-11(12)15/h4-7H,1-3H3,(H,14,15)/t12-/m1/s1. The highest BCUT2D eigenvalue weighted by Crippen LogP contribution is 2.43. The first-order valence-corrected chi connectivity index (χ1v) is 5.08. The molecule has 1 amide bonds. The Morgan fingerprint density at radius 3 is 2.67 bits per heavy atom. The van der Waals surface area contributed by atoms with Gasteiger partial charge in [0.15, 0.2) is 0 Å². The number of anilines is 1. The van der Waals surface area contributed by atoms with E-state index in [1.165, 1.54) is 6.07 Å². The van der Waals surface area contributed by atoms with Gasteiger partial charge < -0.3 is 5.32 Å². The number of rotatable bonds is 1.